The maximum absolute atomic E-state index is 12.0. The zero-order valence-electron chi connectivity index (χ0n) is 22.6. The van der Waals surface area contributed by atoms with E-state index in [9.17, 15) is 10.1 Å². The predicted molar refractivity (Wildman–Crippen MR) is 146 cm³/mol. The largest absolute Gasteiger partial charge is 0.494 e. The van der Waals surface area contributed by atoms with Gasteiger partial charge in [-0.05, 0) is 41.1 Å². The first kappa shape index (κ1) is 29.5. The van der Waals surface area contributed by atoms with Gasteiger partial charge in [-0.25, -0.2) is 4.99 Å². The molecule has 0 radical (unpaired) electrons. The number of anilines is 2. The number of nitro groups is 1. The fraction of sp³-hybridized carbons (Fsp3) is 0.480. The number of allylic oxidation sites excluding steroid dienone is 1. The number of aliphatic imine (C=N–C) groups is 1. The van der Waals surface area contributed by atoms with E-state index in [2.05, 4.69) is 23.5 Å². The molecular weight excluding hydrogens is 446 g/mol. The Kier molecular flexibility index (Phi) is 10.8. The second-order valence-corrected chi connectivity index (χ2v) is 8.87. The van der Waals surface area contributed by atoms with Crippen LogP contribution >= 0.6 is 0 Å². The summed E-state index contributed by atoms with van der Waals surface area (Å²) in [6, 6.07) is 3.15. The van der Waals surface area contributed by atoms with Crippen LogP contribution in [0.5, 0.6) is 5.75 Å². The second kappa shape index (κ2) is 12.8. The molecule has 0 fully saturated rings. The number of hydrogen-bond donors (Lipinski definition) is 1. The van der Waals surface area contributed by atoms with Gasteiger partial charge in [-0.15, -0.1) is 0 Å². The van der Waals surface area contributed by atoms with E-state index < -0.39 is 5.54 Å². The first-order chi connectivity index (χ1) is 16.3. The van der Waals surface area contributed by atoms with Crippen molar-refractivity contribution < 1.29 is 9.66 Å². The predicted octanol–water partition coefficient (Wildman–Crippen LogP) is 4.20. The van der Waals surface area contributed by atoms with Crippen molar-refractivity contribution in [3.8, 4) is 5.75 Å². The quantitative estimate of drug-likeness (QED) is 0.203. The number of likely N-dealkylation sites (N-methyl/N-ethyl adjacent to an activating group) is 4. The third-order valence-electron chi connectivity index (χ3n) is 5.96. The summed E-state index contributed by atoms with van der Waals surface area (Å²) in [5.41, 5.74) is 1.34. The third kappa shape index (κ3) is 7.22. The summed E-state index contributed by atoms with van der Waals surface area (Å²) in [6.45, 7) is 15.0. The van der Waals surface area contributed by atoms with Gasteiger partial charge in [-0.3, -0.25) is 10.1 Å². The molecule has 1 aromatic carbocycles. The number of nitrogens with one attached hydrogen (secondary N) is 1. The molecule has 0 aliphatic heterocycles. The number of nitro benzene ring substituents is 1. The summed E-state index contributed by atoms with van der Waals surface area (Å²) in [4.78, 5) is 23.8. The van der Waals surface area contributed by atoms with E-state index in [1.807, 2.05) is 81.7 Å². The number of rotatable bonds is 12. The lowest BCUT2D eigenvalue weighted by molar-refractivity contribution is -0.384. The number of benzene rings is 1. The zero-order valence-corrected chi connectivity index (χ0v) is 22.6. The van der Waals surface area contributed by atoms with Crippen molar-refractivity contribution in [1.29, 1.82) is 0 Å². The Bertz CT molecular complexity index is 970. The topological polar surface area (TPSA) is 89.7 Å². The van der Waals surface area contributed by atoms with E-state index >= 15 is 0 Å². The number of hydrogen-bond acceptors (Lipinski definition) is 7. The smallest absolute Gasteiger partial charge is 0.294 e. The van der Waals surface area contributed by atoms with Gasteiger partial charge in [0.1, 0.15) is 11.4 Å². The molecule has 0 saturated carbocycles. The molecule has 1 N–H and O–H groups in total. The van der Waals surface area contributed by atoms with Gasteiger partial charge in [0, 0.05) is 58.3 Å². The van der Waals surface area contributed by atoms with Crippen molar-refractivity contribution in [1.82, 2.24) is 14.7 Å². The lowest BCUT2D eigenvalue weighted by Gasteiger charge is -2.42. The Balaban J connectivity index is 3.52. The number of nitrogens with zero attached hydrogens (tertiary/aromatic N) is 6. The van der Waals surface area contributed by atoms with Gasteiger partial charge in [0.25, 0.3) is 5.69 Å². The highest BCUT2D eigenvalue weighted by Gasteiger charge is 2.33. The molecule has 0 bridgehead atoms. The van der Waals surface area contributed by atoms with E-state index in [-0.39, 0.29) is 10.6 Å². The highest BCUT2D eigenvalue weighted by atomic mass is 16.6. The van der Waals surface area contributed by atoms with Crippen molar-refractivity contribution in [2.24, 2.45) is 4.99 Å². The van der Waals surface area contributed by atoms with Gasteiger partial charge in [-0.1, -0.05) is 19.2 Å². The van der Waals surface area contributed by atoms with Gasteiger partial charge in [-0.2, -0.15) is 0 Å². The molecule has 10 nitrogen and oxygen atoms in total. The Morgan fingerprint density at radius 3 is 2.29 bits per heavy atom. The first-order valence-corrected chi connectivity index (χ1v) is 11.3. The SMILES string of the molecule is C=C/N=C(/Nc1cc([N+](=O)[O-])c(N(C)CCN(C)C)cc1OC)N(C)C(C)(C)/C(=C\C)N(C)C=C. The molecule has 194 valence electrons. The molecule has 35 heavy (non-hydrogen) atoms. The van der Waals surface area contributed by atoms with Crippen LogP contribution in [0.2, 0.25) is 0 Å². The van der Waals surface area contributed by atoms with Crippen molar-refractivity contribution in [2.75, 3.05) is 65.7 Å². The molecular formula is C25H41N7O3. The molecule has 0 heterocycles. The fourth-order valence-electron chi connectivity index (χ4n) is 3.68. The Hall–Kier alpha value is -3.53. The van der Waals surface area contributed by atoms with Gasteiger partial charge in [0.15, 0.2) is 0 Å². The molecule has 0 unspecified atom stereocenters. The molecule has 0 aromatic heterocycles. The van der Waals surface area contributed by atoms with E-state index in [0.717, 1.165) is 12.2 Å². The van der Waals surface area contributed by atoms with Crippen LogP contribution in [0.1, 0.15) is 20.8 Å². The molecule has 0 amide bonds. The normalized spacial score (nSPS) is 12.3. The van der Waals surface area contributed by atoms with Gasteiger partial charge >= 0.3 is 0 Å². The Morgan fingerprint density at radius 2 is 1.83 bits per heavy atom. The van der Waals surface area contributed by atoms with E-state index in [0.29, 0.717) is 29.6 Å². The van der Waals surface area contributed by atoms with Crippen LogP contribution in [0.3, 0.4) is 0 Å². The van der Waals surface area contributed by atoms with E-state index in [4.69, 9.17) is 4.74 Å². The average Bonchev–Trinajstić information content (AvgIpc) is 2.81. The van der Waals surface area contributed by atoms with Crippen molar-refractivity contribution in [3.63, 3.8) is 0 Å². The number of guanidine groups is 1. The van der Waals surface area contributed by atoms with Gasteiger partial charge in [0.2, 0.25) is 5.96 Å². The Morgan fingerprint density at radius 1 is 1.20 bits per heavy atom. The molecule has 0 spiro atoms. The summed E-state index contributed by atoms with van der Waals surface area (Å²) in [7, 11) is 11.1. The zero-order chi connectivity index (χ0) is 26.9. The number of ether oxygens (including phenoxy) is 1. The summed E-state index contributed by atoms with van der Waals surface area (Å²) in [6.07, 6.45) is 5.17. The van der Waals surface area contributed by atoms with E-state index in [1.165, 1.54) is 19.4 Å². The molecule has 10 heteroatoms. The molecule has 1 aromatic rings. The van der Waals surface area contributed by atoms with Crippen LogP contribution < -0.4 is 15.0 Å². The molecule has 0 aliphatic rings. The second-order valence-electron chi connectivity index (χ2n) is 8.87. The first-order valence-electron chi connectivity index (χ1n) is 11.3. The lowest BCUT2D eigenvalue weighted by atomic mass is 9.97. The van der Waals surface area contributed by atoms with Gasteiger partial charge < -0.3 is 29.7 Å². The standard InChI is InChI=1S/C25H41N7O3/c1-12-23(29(8)14-3)25(4,5)31(10)24(26-13-2)27-19-17-21(32(33)34)20(18-22(19)35-11)30(9)16-15-28(6)7/h12-14,17-18H,2-3,15-16H2,1,4-11H3,(H,26,27)/b23-12+. The van der Waals surface area contributed by atoms with Crippen LogP contribution in [-0.4, -0.2) is 86.6 Å². The molecule has 0 atom stereocenters. The van der Waals surface area contributed by atoms with Crippen molar-refractivity contribution in [2.45, 2.75) is 26.3 Å². The summed E-state index contributed by atoms with van der Waals surface area (Å²) in [5.74, 6) is 0.905. The lowest BCUT2D eigenvalue weighted by Crippen LogP contribution is -2.51. The van der Waals surface area contributed by atoms with Crippen LogP contribution in [0.15, 0.2) is 54.5 Å². The minimum atomic E-state index is -0.516. The Labute approximate surface area is 210 Å². The highest BCUT2D eigenvalue weighted by Crippen LogP contribution is 2.38. The minimum Gasteiger partial charge on any atom is -0.494 e. The minimum absolute atomic E-state index is 0.0324. The van der Waals surface area contributed by atoms with Gasteiger partial charge in [0.05, 0.1) is 23.3 Å². The fourth-order valence-corrected chi connectivity index (χ4v) is 3.68. The summed E-state index contributed by atoms with van der Waals surface area (Å²) in [5, 5.41) is 15.2. The van der Waals surface area contributed by atoms with Crippen LogP contribution in [0.25, 0.3) is 0 Å². The average molecular weight is 488 g/mol. The monoisotopic (exact) mass is 487 g/mol. The van der Waals surface area contributed by atoms with Crippen molar-refractivity contribution in [3.05, 3.63) is 59.6 Å². The van der Waals surface area contributed by atoms with Crippen molar-refractivity contribution >= 4 is 23.0 Å². The van der Waals surface area contributed by atoms with Crippen LogP contribution in [-0.2, 0) is 0 Å². The summed E-state index contributed by atoms with van der Waals surface area (Å²) < 4.78 is 5.61. The maximum Gasteiger partial charge on any atom is 0.294 e. The molecule has 0 saturated heterocycles. The number of methoxy groups -OCH3 is 1. The summed E-state index contributed by atoms with van der Waals surface area (Å²) >= 11 is 0. The van der Waals surface area contributed by atoms with E-state index in [1.54, 1.807) is 12.3 Å². The van der Waals surface area contributed by atoms with Crippen LogP contribution in [0.4, 0.5) is 17.1 Å². The molecule has 1 rings (SSSR count). The highest BCUT2D eigenvalue weighted by molar-refractivity contribution is 5.97. The van der Waals surface area contributed by atoms with Crippen LogP contribution in [0, 0.1) is 10.1 Å². The third-order valence-corrected chi connectivity index (χ3v) is 5.96. The molecule has 0 aliphatic carbocycles. The maximum atomic E-state index is 12.0.